The number of rotatable bonds is 4. The number of benzene rings is 1. The quantitative estimate of drug-likeness (QED) is 0.697. The zero-order valence-electron chi connectivity index (χ0n) is 11.1. The number of halogens is 1. The van der Waals surface area contributed by atoms with Gasteiger partial charge >= 0.3 is 0 Å². The van der Waals surface area contributed by atoms with Crippen molar-refractivity contribution in [1.82, 2.24) is 10.3 Å². The average Bonchev–Trinajstić information content (AvgIpc) is 2.51. The van der Waals surface area contributed by atoms with E-state index in [0.29, 0.717) is 10.6 Å². The molecule has 0 unspecified atom stereocenters. The second-order valence-electron chi connectivity index (χ2n) is 4.23. The third-order valence-corrected chi connectivity index (χ3v) is 2.92. The molecule has 0 bridgehead atoms. The molecule has 1 N–H and O–H groups in total. The van der Waals surface area contributed by atoms with Crippen molar-refractivity contribution in [3.63, 3.8) is 0 Å². The van der Waals surface area contributed by atoms with Gasteiger partial charge < -0.3 is 5.32 Å². The smallest absolute Gasteiger partial charge is 0.262 e. The van der Waals surface area contributed by atoms with E-state index in [-0.39, 0.29) is 12.1 Å². The summed E-state index contributed by atoms with van der Waals surface area (Å²) >= 11 is 5.87. The van der Waals surface area contributed by atoms with Crippen LogP contribution in [-0.4, -0.2) is 10.9 Å². The summed E-state index contributed by atoms with van der Waals surface area (Å²) < 4.78 is 0. The summed E-state index contributed by atoms with van der Waals surface area (Å²) in [7, 11) is 0. The molecular formula is C16H12ClN3O. The summed E-state index contributed by atoms with van der Waals surface area (Å²) in [4.78, 5) is 16.1. The molecule has 104 valence electrons. The van der Waals surface area contributed by atoms with Crippen LogP contribution in [0, 0.1) is 11.3 Å². The first-order valence-electron chi connectivity index (χ1n) is 6.24. The second-order valence-corrected chi connectivity index (χ2v) is 4.67. The number of carbonyl (C=O) groups is 1. The van der Waals surface area contributed by atoms with Crippen LogP contribution in [0.15, 0.2) is 54.2 Å². The fourth-order valence-electron chi connectivity index (χ4n) is 1.68. The van der Waals surface area contributed by atoms with E-state index in [1.807, 2.05) is 12.1 Å². The Morgan fingerprint density at radius 3 is 2.86 bits per heavy atom. The van der Waals surface area contributed by atoms with E-state index in [0.717, 1.165) is 5.69 Å². The van der Waals surface area contributed by atoms with Crippen LogP contribution in [0.3, 0.4) is 0 Å². The first-order chi connectivity index (χ1) is 10.2. The summed E-state index contributed by atoms with van der Waals surface area (Å²) in [6, 6.07) is 14.3. The second kappa shape index (κ2) is 7.22. The van der Waals surface area contributed by atoms with Crippen molar-refractivity contribution >= 4 is 23.6 Å². The van der Waals surface area contributed by atoms with Crippen LogP contribution in [0.1, 0.15) is 11.3 Å². The first kappa shape index (κ1) is 14.8. The van der Waals surface area contributed by atoms with Gasteiger partial charge in [0.1, 0.15) is 11.6 Å². The molecule has 0 aliphatic rings. The Morgan fingerprint density at radius 1 is 1.33 bits per heavy atom. The van der Waals surface area contributed by atoms with Crippen molar-refractivity contribution in [2.24, 2.45) is 0 Å². The highest BCUT2D eigenvalue weighted by atomic mass is 35.5. The molecule has 21 heavy (non-hydrogen) atoms. The molecule has 1 heterocycles. The molecule has 0 radical (unpaired) electrons. The fraction of sp³-hybridized carbons (Fsp3) is 0.0625. The van der Waals surface area contributed by atoms with E-state index in [1.165, 1.54) is 6.08 Å². The lowest BCUT2D eigenvalue weighted by Crippen LogP contribution is -2.24. The molecule has 0 fully saturated rings. The third kappa shape index (κ3) is 4.44. The molecule has 0 saturated heterocycles. The van der Waals surface area contributed by atoms with Crippen LogP contribution in [0.25, 0.3) is 6.08 Å². The van der Waals surface area contributed by atoms with E-state index >= 15 is 0 Å². The van der Waals surface area contributed by atoms with Gasteiger partial charge in [0.15, 0.2) is 0 Å². The predicted molar refractivity (Wildman–Crippen MR) is 81.1 cm³/mol. The summed E-state index contributed by atoms with van der Waals surface area (Å²) in [5, 5.41) is 12.3. The number of nitrogens with zero attached hydrogens (tertiary/aromatic N) is 2. The Balaban J connectivity index is 2.07. The minimum atomic E-state index is -0.442. The normalized spacial score (nSPS) is 10.8. The van der Waals surface area contributed by atoms with Crippen molar-refractivity contribution in [1.29, 1.82) is 5.26 Å². The van der Waals surface area contributed by atoms with Crippen molar-refractivity contribution in [3.8, 4) is 6.07 Å². The maximum absolute atomic E-state index is 12.0. The maximum atomic E-state index is 12.0. The SMILES string of the molecule is N#C/C(=C/c1cccc(Cl)c1)C(=O)NCc1ccccn1. The minimum absolute atomic E-state index is 0.0215. The van der Waals surface area contributed by atoms with Crippen LogP contribution in [0.4, 0.5) is 0 Å². The maximum Gasteiger partial charge on any atom is 0.262 e. The monoisotopic (exact) mass is 297 g/mol. The van der Waals surface area contributed by atoms with Gasteiger partial charge in [0.2, 0.25) is 0 Å². The fourth-order valence-corrected chi connectivity index (χ4v) is 1.88. The average molecular weight is 298 g/mol. The van der Waals surface area contributed by atoms with Crippen LogP contribution in [-0.2, 0) is 11.3 Å². The molecule has 1 aromatic heterocycles. The Bertz CT molecular complexity index is 705. The van der Waals surface area contributed by atoms with Crippen molar-refractivity contribution in [2.45, 2.75) is 6.54 Å². The zero-order valence-corrected chi connectivity index (χ0v) is 11.8. The summed E-state index contributed by atoms with van der Waals surface area (Å²) in [5.41, 5.74) is 1.45. The van der Waals surface area contributed by atoms with E-state index in [2.05, 4.69) is 10.3 Å². The Labute approximate surface area is 127 Å². The van der Waals surface area contributed by atoms with Gasteiger partial charge in [-0.2, -0.15) is 5.26 Å². The summed E-state index contributed by atoms with van der Waals surface area (Å²) in [5.74, 6) is -0.442. The predicted octanol–water partition coefficient (Wildman–Crippen LogP) is 2.96. The largest absolute Gasteiger partial charge is 0.346 e. The number of amides is 1. The van der Waals surface area contributed by atoms with E-state index in [4.69, 9.17) is 16.9 Å². The van der Waals surface area contributed by atoms with Gasteiger partial charge in [-0.3, -0.25) is 9.78 Å². The van der Waals surface area contributed by atoms with Gasteiger partial charge in [0.25, 0.3) is 5.91 Å². The standard InChI is InChI=1S/C16H12ClN3O/c17-14-5-3-4-12(9-14)8-13(10-18)16(21)20-11-15-6-1-2-7-19-15/h1-9H,11H2,(H,20,21)/b13-8-. The Kier molecular flexibility index (Phi) is 5.08. The summed E-state index contributed by atoms with van der Waals surface area (Å²) in [6.07, 6.45) is 3.15. The van der Waals surface area contributed by atoms with Crippen molar-refractivity contribution < 1.29 is 4.79 Å². The molecule has 0 atom stereocenters. The lowest BCUT2D eigenvalue weighted by Gasteiger charge is -2.03. The molecule has 0 aliphatic carbocycles. The van der Waals surface area contributed by atoms with Crippen LogP contribution in [0.5, 0.6) is 0 Å². The molecule has 0 aliphatic heterocycles. The number of hydrogen-bond acceptors (Lipinski definition) is 3. The summed E-state index contributed by atoms with van der Waals surface area (Å²) in [6.45, 7) is 0.272. The number of pyridine rings is 1. The number of hydrogen-bond donors (Lipinski definition) is 1. The van der Waals surface area contributed by atoms with Crippen molar-refractivity contribution in [2.75, 3.05) is 0 Å². The molecule has 1 amide bonds. The van der Waals surface area contributed by atoms with Crippen LogP contribution in [0.2, 0.25) is 5.02 Å². The van der Waals surface area contributed by atoms with Crippen molar-refractivity contribution in [3.05, 3.63) is 70.5 Å². The highest BCUT2D eigenvalue weighted by Gasteiger charge is 2.09. The van der Waals surface area contributed by atoms with Gasteiger partial charge in [0, 0.05) is 11.2 Å². The number of nitriles is 1. The zero-order chi connectivity index (χ0) is 15.1. The molecule has 1 aromatic carbocycles. The van der Waals surface area contributed by atoms with Gasteiger partial charge in [-0.15, -0.1) is 0 Å². The van der Waals surface area contributed by atoms with Crippen LogP contribution < -0.4 is 5.32 Å². The molecule has 0 spiro atoms. The third-order valence-electron chi connectivity index (χ3n) is 2.68. The van der Waals surface area contributed by atoms with Gasteiger partial charge in [-0.05, 0) is 35.9 Å². The topological polar surface area (TPSA) is 65.8 Å². The molecule has 5 heteroatoms. The highest BCUT2D eigenvalue weighted by Crippen LogP contribution is 2.13. The number of aromatic nitrogens is 1. The lowest BCUT2D eigenvalue weighted by molar-refractivity contribution is -0.117. The Morgan fingerprint density at radius 2 is 2.19 bits per heavy atom. The van der Waals surface area contributed by atoms with Gasteiger partial charge in [-0.1, -0.05) is 29.8 Å². The van der Waals surface area contributed by atoms with E-state index in [1.54, 1.807) is 42.6 Å². The van der Waals surface area contributed by atoms with Crippen LogP contribution >= 0.6 is 11.6 Å². The van der Waals surface area contributed by atoms with Gasteiger partial charge in [-0.25, -0.2) is 0 Å². The number of nitrogens with one attached hydrogen (secondary N) is 1. The molecule has 4 nitrogen and oxygen atoms in total. The molecular weight excluding hydrogens is 286 g/mol. The lowest BCUT2D eigenvalue weighted by atomic mass is 10.1. The van der Waals surface area contributed by atoms with E-state index < -0.39 is 5.91 Å². The van der Waals surface area contributed by atoms with E-state index in [9.17, 15) is 4.79 Å². The Hall–Kier alpha value is -2.64. The minimum Gasteiger partial charge on any atom is -0.346 e. The molecule has 2 aromatic rings. The molecule has 2 rings (SSSR count). The van der Waals surface area contributed by atoms with Gasteiger partial charge in [0.05, 0.1) is 12.2 Å². The first-order valence-corrected chi connectivity index (χ1v) is 6.62. The number of carbonyl (C=O) groups excluding carboxylic acids is 1. The highest BCUT2D eigenvalue weighted by molar-refractivity contribution is 6.30. The molecule has 0 saturated carbocycles.